The third-order valence-electron chi connectivity index (χ3n) is 4.04. The van der Waals surface area contributed by atoms with Gasteiger partial charge in [0.1, 0.15) is 0 Å². The van der Waals surface area contributed by atoms with Crippen molar-refractivity contribution in [2.45, 2.75) is 0 Å². The molecule has 118 valence electrons. The Labute approximate surface area is 148 Å². The van der Waals surface area contributed by atoms with E-state index in [1.165, 1.54) is 0 Å². The molecule has 0 unspecified atom stereocenters. The summed E-state index contributed by atoms with van der Waals surface area (Å²) in [5, 5.41) is 0. The molecule has 5 heterocycles. The third kappa shape index (κ3) is 3.08. The van der Waals surface area contributed by atoms with Gasteiger partial charge in [-0.25, -0.2) is 9.97 Å². The molecule has 0 aromatic carbocycles. The van der Waals surface area contributed by atoms with E-state index in [2.05, 4.69) is 44.2 Å². The van der Waals surface area contributed by atoms with Gasteiger partial charge in [0.05, 0.1) is 22.8 Å². The molecule has 0 saturated carbocycles. The summed E-state index contributed by atoms with van der Waals surface area (Å²) < 4.78 is 0. The molecule has 4 nitrogen and oxygen atoms in total. The molecule has 3 aromatic rings. The van der Waals surface area contributed by atoms with Crippen LogP contribution in [0.25, 0.3) is 46.4 Å². The summed E-state index contributed by atoms with van der Waals surface area (Å²) in [6.45, 7) is 0. The van der Waals surface area contributed by atoms with Crippen molar-refractivity contribution in [1.82, 2.24) is 19.9 Å². The molecule has 0 spiro atoms. The average molecular weight is 321 g/mol. The van der Waals surface area contributed by atoms with Gasteiger partial charge in [-0.3, -0.25) is 0 Å². The first-order chi connectivity index (χ1) is 11.8. The van der Waals surface area contributed by atoms with E-state index in [1.54, 1.807) is 0 Å². The summed E-state index contributed by atoms with van der Waals surface area (Å²) in [7, 11) is 0. The van der Waals surface area contributed by atoms with Crippen LogP contribution in [0.15, 0.2) is 48.5 Å². The first kappa shape index (κ1) is 15.3. The quantitative estimate of drug-likeness (QED) is 0.427. The Balaban J connectivity index is 0.00000157. The Hall–Kier alpha value is -3.23. The van der Waals surface area contributed by atoms with Crippen LogP contribution in [0.4, 0.5) is 0 Å². The number of nitrogens with one attached hydrogen (secondary N) is 2. The van der Waals surface area contributed by atoms with Gasteiger partial charge in [0, 0.05) is 22.1 Å². The number of aromatic amines is 2. The van der Waals surface area contributed by atoms with Crippen molar-refractivity contribution in [3.8, 4) is 0 Å². The van der Waals surface area contributed by atoms with Crippen molar-refractivity contribution in [2.24, 2.45) is 0 Å². The van der Waals surface area contributed by atoms with E-state index in [4.69, 9.17) is 0 Å². The molecule has 5 rings (SSSR count). The Morgan fingerprint density at radius 1 is 0.480 bits per heavy atom. The molecule has 0 amide bonds. The molecule has 25 heavy (non-hydrogen) atoms. The maximum absolute atomic E-state index is 4.63. The fourth-order valence-electron chi connectivity index (χ4n) is 2.94. The number of H-pyrrole nitrogens is 2. The number of fused-ring (bicyclic) bond motifs is 8. The first-order valence-electron chi connectivity index (χ1n) is 7.85. The topological polar surface area (TPSA) is 57.4 Å². The average Bonchev–Trinajstić information content (AvgIpc) is 3.32. The summed E-state index contributed by atoms with van der Waals surface area (Å²) in [4.78, 5) is 16.0. The van der Waals surface area contributed by atoms with E-state index in [0.717, 1.165) is 44.8 Å². The second-order valence-corrected chi connectivity index (χ2v) is 5.91. The van der Waals surface area contributed by atoms with Crippen LogP contribution >= 0.6 is 0 Å². The first-order valence-corrected chi connectivity index (χ1v) is 7.85. The van der Waals surface area contributed by atoms with E-state index in [0.29, 0.717) is 0 Å². The summed E-state index contributed by atoms with van der Waals surface area (Å²) in [5.74, 6) is 0. The predicted molar refractivity (Wildman–Crippen MR) is 107 cm³/mol. The zero-order valence-corrected chi connectivity index (χ0v) is 12.8. The van der Waals surface area contributed by atoms with Crippen molar-refractivity contribution < 1.29 is 0 Å². The van der Waals surface area contributed by atoms with Gasteiger partial charge in [-0.15, -0.1) is 0 Å². The molecule has 0 atom stereocenters. The summed E-state index contributed by atoms with van der Waals surface area (Å²) in [6, 6.07) is 16.4. The Bertz CT molecular complexity index is 990. The minimum atomic E-state index is 0. The second-order valence-electron chi connectivity index (χ2n) is 5.91. The summed E-state index contributed by atoms with van der Waals surface area (Å²) >= 11 is 0. The van der Waals surface area contributed by atoms with Crippen molar-refractivity contribution in [2.75, 3.05) is 0 Å². The van der Waals surface area contributed by atoms with Gasteiger partial charge in [-0.1, -0.05) is 0 Å². The molecular formula is C20H16BeN4. The molecule has 0 fully saturated rings. The molecule has 0 saturated heterocycles. The number of aromatic nitrogens is 4. The van der Waals surface area contributed by atoms with Crippen LogP contribution in [0.5, 0.6) is 0 Å². The van der Waals surface area contributed by atoms with E-state index < -0.39 is 0 Å². The Morgan fingerprint density at radius 3 is 1.04 bits per heavy atom. The van der Waals surface area contributed by atoms with Gasteiger partial charge in [-0.05, 0) is 72.8 Å². The molecule has 2 aliphatic heterocycles. The van der Waals surface area contributed by atoms with Crippen LogP contribution in [0.2, 0.25) is 0 Å². The van der Waals surface area contributed by atoms with Gasteiger partial charge >= 0.3 is 10.1 Å². The molecule has 0 radical (unpaired) electrons. The molecule has 2 aliphatic rings. The second kappa shape index (κ2) is 6.00. The normalized spacial score (nSPS) is 12.2. The number of rotatable bonds is 0. The SMILES string of the molecule is C1=Cc2cc3ccc(cc4nc(cc5ccc(cc1n2)[nH]5)C=C4)[nH]3.[BeH2]. The minimum absolute atomic E-state index is 0. The number of nitrogens with zero attached hydrogens (tertiary/aromatic N) is 2. The Kier molecular flexibility index (Phi) is 3.68. The third-order valence-corrected chi connectivity index (χ3v) is 4.04. The van der Waals surface area contributed by atoms with Crippen LogP contribution in [0.3, 0.4) is 0 Å². The molecular weight excluding hydrogens is 305 g/mol. The molecule has 2 N–H and O–H groups in total. The molecule has 5 heteroatoms. The van der Waals surface area contributed by atoms with Crippen molar-refractivity contribution in [1.29, 1.82) is 0 Å². The summed E-state index contributed by atoms with van der Waals surface area (Å²) in [5.41, 5.74) is 7.86. The van der Waals surface area contributed by atoms with Crippen LogP contribution in [0, 0.1) is 0 Å². The van der Waals surface area contributed by atoms with Crippen molar-refractivity contribution in [3.63, 3.8) is 0 Å². The maximum atomic E-state index is 4.63. The van der Waals surface area contributed by atoms with E-state index >= 15 is 0 Å². The van der Waals surface area contributed by atoms with Crippen molar-refractivity contribution in [3.05, 3.63) is 71.3 Å². The number of hydrogen-bond donors (Lipinski definition) is 2. The van der Waals surface area contributed by atoms with Crippen molar-refractivity contribution >= 4 is 56.5 Å². The summed E-state index contributed by atoms with van der Waals surface area (Å²) in [6.07, 6.45) is 8.09. The molecule has 0 aliphatic carbocycles. The van der Waals surface area contributed by atoms with Gasteiger partial charge < -0.3 is 9.97 Å². The Morgan fingerprint density at radius 2 is 0.760 bits per heavy atom. The standard InChI is InChI=1S/C20H14N4.Be.2H/c1-2-14-10-16-5-6-18(23-16)12-20-8-7-19(24-20)11-17-4-3-15(22-17)9-13(1)21-14;;;/h1-12,21,24H;;;. The van der Waals surface area contributed by atoms with E-state index in [1.807, 2.05) is 48.6 Å². The van der Waals surface area contributed by atoms with E-state index in [9.17, 15) is 0 Å². The zero-order chi connectivity index (χ0) is 15.9. The zero-order valence-electron chi connectivity index (χ0n) is 12.8. The monoisotopic (exact) mass is 321 g/mol. The predicted octanol–water partition coefficient (Wildman–Crippen LogP) is 3.74. The van der Waals surface area contributed by atoms with Gasteiger partial charge in [0.15, 0.2) is 0 Å². The fourth-order valence-corrected chi connectivity index (χ4v) is 2.94. The fraction of sp³-hybridized carbons (Fsp3) is 0. The van der Waals surface area contributed by atoms with Gasteiger partial charge in [0.25, 0.3) is 0 Å². The molecule has 8 bridgehead atoms. The van der Waals surface area contributed by atoms with Gasteiger partial charge in [-0.2, -0.15) is 0 Å². The van der Waals surface area contributed by atoms with Crippen LogP contribution in [-0.4, -0.2) is 30.1 Å². The van der Waals surface area contributed by atoms with E-state index in [-0.39, 0.29) is 10.1 Å². The van der Waals surface area contributed by atoms with Crippen LogP contribution < -0.4 is 0 Å². The van der Waals surface area contributed by atoms with Crippen LogP contribution in [0.1, 0.15) is 22.8 Å². The van der Waals surface area contributed by atoms with Crippen LogP contribution in [-0.2, 0) is 0 Å². The van der Waals surface area contributed by atoms with Gasteiger partial charge in [0.2, 0.25) is 0 Å². The number of hydrogen-bond acceptors (Lipinski definition) is 2. The molecule has 3 aromatic heterocycles.